The van der Waals surface area contributed by atoms with E-state index in [0.717, 1.165) is 11.4 Å². The molecule has 104 valence electrons. The van der Waals surface area contributed by atoms with Crippen molar-refractivity contribution >= 4 is 0 Å². The van der Waals surface area contributed by atoms with Crippen LogP contribution < -0.4 is 0 Å². The Labute approximate surface area is 126 Å². The number of nitrogens with zero attached hydrogens (tertiary/aromatic N) is 1. The first kappa shape index (κ1) is 13.6. The molecule has 0 aliphatic carbocycles. The molecule has 0 unspecified atom stereocenters. The predicted molar refractivity (Wildman–Crippen MR) is 89.3 cm³/mol. The lowest BCUT2D eigenvalue weighted by molar-refractivity contribution is 1.13. The Kier molecular flexibility index (Phi) is 3.57. The van der Waals surface area contributed by atoms with Crippen molar-refractivity contribution in [2.24, 2.45) is 0 Å². The van der Waals surface area contributed by atoms with E-state index < -0.39 is 0 Å². The summed E-state index contributed by atoms with van der Waals surface area (Å²) in [6.45, 7) is 6.43. The molecule has 0 bridgehead atoms. The SMILES string of the molecule is Cc1nc(-c2ccccc2)c(-c2ccccc2)c(C)c1C. The summed E-state index contributed by atoms with van der Waals surface area (Å²) in [4.78, 5) is 4.88. The molecule has 1 nitrogen and oxygen atoms in total. The van der Waals surface area contributed by atoms with Gasteiger partial charge in [-0.3, -0.25) is 4.98 Å². The lowest BCUT2D eigenvalue weighted by Gasteiger charge is -2.16. The second-order valence-corrected chi connectivity index (χ2v) is 5.40. The predicted octanol–water partition coefficient (Wildman–Crippen LogP) is 5.34. The smallest absolute Gasteiger partial charge is 0.0786 e. The van der Waals surface area contributed by atoms with Crippen molar-refractivity contribution in [2.45, 2.75) is 20.8 Å². The third-order valence-corrected chi connectivity index (χ3v) is 4.11. The Bertz CT molecular complexity index is 759. The van der Waals surface area contributed by atoms with Gasteiger partial charge in [-0.15, -0.1) is 0 Å². The van der Waals surface area contributed by atoms with E-state index in [1.54, 1.807) is 0 Å². The lowest BCUT2D eigenvalue weighted by Crippen LogP contribution is -1.99. The first-order chi connectivity index (χ1) is 10.2. The zero-order valence-electron chi connectivity index (χ0n) is 12.7. The second-order valence-electron chi connectivity index (χ2n) is 5.40. The minimum Gasteiger partial charge on any atom is -0.252 e. The van der Waals surface area contributed by atoms with Crippen LogP contribution in [-0.2, 0) is 0 Å². The normalized spacial score (nSPS) is 10.6. The molecule has 0 N–H and O–H groups in total. The zero-order valence-corrected chi connectivity index (χ0v) is 12.7. The van der Waals surface area contributed by atoms with Gasteiger partial charge in [0.2, 0.25) is 0 Å². The summed E-state index contributed by atoms with van der Waals surface area (Å²) in [5.41, 5.74) is 8.39. The van der Waals surface area contributed by atoms with Gasteiger partial charge in [0, 0.05) is 16.8 Å². The van der Waals surface area contributed by atoms with Crippen LogP contribution in [-0.4, -0.2) is 4.98 Å². The fraction of sp³-hybridized carbons (Fsp3) is 0.150. The summed E-state index contributed by atoms with van der Waals surface area (Å²) in [6.07, 6.45) is 0. The molecule has 2 aromatic carbocycles. The van der Waals surface area contributed by atoms with E-state index >= 15 is 0 Å². The quantitative estimate of drug-likeness (QED) is 0.614. The van der Waals surface area contributed by atoms with Gasteiger partial charge in [0.1, 0.15) is 0 Å². The highest BCUT2D eigenvalue weighted by Crippen LogP contribution is 2.35. The van der Waals surface area contributed by atoms with Gasteiger partial charge in [0.15, 0.2) is 0 Å². The topological polar surface area (TPSA) is 12.9 Å². The molecular weight excluding hydrogens is 254 g/mol. The van der Waals surface area contributed by atoms with Gasteiger partial charge in [0.05, 0.1) is 5.69 Å². The fourth-order valence-corrected chi connectivity index (χ4v) is 2.71. The maximum absolute atomic E-state index is 4.88. The van der Waals surface area contributed by atoms with Gasteiger partial charge in [-0.25, -0.2) is 0 Å². The molecule has 1 heteroatoms. The summed E-state index contributed by atoms with van der Waals surface area (Å²) in [5, 5.41) is 0. The maximum Gasteiger partial charge on any atom is 0.0786 e. The van der Waals surface area contributed by atoms with Crippen LogP contribution in [0.25, 0.3) is 22.4 Å². The van der Waals surface area contributed by atoms with Crippen molar-refractivity contribution in [1.82, 2.24) is 4.98 Å². The van der Waals surface area contributed by atoms with E-state index in [0.29, 0.717) is 0 Å². The number of benzene rings is 2. The van der Waals surface area contributed by atoms with Crippen LogP contribution >= 0.6 is 0 Å². The van der Waals surface area contributed by atoms with Crippen LogP contribution in [0.3, 0.4) is 0 Å². The molecule has 0 saturated heterocycles. The Balaban J connectivity index is 2.34. The highest BCUT2D eigenvalue weighted by Gasteiger charge is 2.15. The molecule has 1 aromatic heterocycles. The third-order valence-electron chi connectivity index (χ3n) is 4.11. The summed E-state index contributed by atoms with van der Waals surface area (Å²) >= 11 is 0. The molecule has 21 heavy (non-hydrogen) atoms. The summed E-state index contributed by atoms with van der Waals surface area (Å²) in [7, 11) is 0. The van der Waals surface area contributed by atoms with E-state index in [-0.39, 0.29) is 0 Å². The Morgan fingerprint density at radius 1 is 0.619 bits per heavy atom. The molecule has 0 radical (unpaired) electrons. The van der Waals surface area contributed by atoms with Gasteiger partial charge < -0.3 is 0 Å². The highest BCUT2D eigenvalue weighted by atomic mass is 14.7. The highest BCUT2D eigenvalue weighted by molar-refractivity contribution is 5.84. The minimum absolute atomic E-state index is 1.07. The first-order valence-electron chi connectivity index (χ1n) is 7.27. The van der Waals surface area contributed by atoms with Gasteiger partial charge in [-0.2, -0.15) is 0 Å². The van der Waals surface area contributed by atoms with Gasteiger partial charge >= 0.3 is 0 Å². The van der Waals surface area contributed by atoms with Gasteiger partial charge in [-0.1, -0.05) is 60.7 Å². The van der Waals surface area contributed by atoms with E-state index in [1.807, 2.05) is 6.07 Å². The van der Waals surface area contributed by atoms with Gasteiger partial charge in [0.25, 0.3) is 0 Å². The van der Waals surface area contributed by atoms with Gasteiger partial charge in [-0.05, 0) is 37.5 Å². The summed E-state index contributed by atoms with van der Waals surface area (Å²) in [5.74, 6) is 0. The van der Waals surface area contributed by atoms with Crippen molar-refractivity contribution in [3.05, 3.63) is 77.5 Å². The number of pyridine rings is 1. The molecule has 3 rings (SSSR count). The lowest BCUT2D eigenvalue weighted by atomic mass is 9.92. The Morgan fingerprint density at radius 3 is 1.71 bits per heavy atom. The van der Waals surface area contributed by atoms with E-state index in [9.17, 15) is 0 Å². The van der Waals surface area contributed by atoms with Crippen LogP contribution in [0.2, 0.25) is 0 Å². The van der Waals surface area contributed by atoms with E-state index in [1.165, 1.54) is 27.8 Å². The van der Waals surface area contributed by atoms with Crippen LogP contribution in [0.15, 0.2) is 60.7 Å². The summed E-state index contributed by atoms with van der Waals surface area (Å²) in [6, 6.07) is 21.0. The van der Waals surface area contributed by atoms with Crippen LogP contribution in [0.1, 0.15) is 16.8 Å². The number of hydrogen-bond acceptors (Lipinski definition) is 1. The van der Waals surface area contributed by atoms with Crippen molar-refractivity contribution in [3.8, 4) is 22.4 Å². The average molecular weight is 273 g/mol. The molecule has 0 amide bonds. The standard InChI is InChI=1S/C20H19N/c1-14-15(2)19(17-10-6-4-7-11-17)20(21-16(14)3)18-12-8-5-9-13-18/h4-13H,1-3H3. The molecule has 0 atom stereocenters. The molecular formula is C20H19N. The Hall–Kier alpha value is -2.41. The summed E-state index contributed by atoms with van der Waals surface area (Å²) < 4.78 is 0. The largest absolute Gasteiger partial charge is 0.252 e. The zero-order chi connectivity index (χ0) is 14.8. The number of aromatic nitrogens is 1. The van der Waals surface area contributed by atoms with E-state index in [4.69, 9.17) is 4.98 Å². The minimum atomic E-state index is 1.07. The number of hydrogen-bond donors (Lipinski definition) is 0. The van der Waals surface area contributed by atoms with Crippen LogP contribution in [0.4, 0.5) is 0 Å². The molecule has 0 fully saturated rings. The monoisotopic (exact) mass is 273 g/mol. The number of aryl methyl sites for hydroxylation is 1. The van der Waals surface area contributed by atoms with Crippen molar-refractivity contribution in [2.75, 3.05) is 0 Å². The molecule has 0 aliphatic heterocycles. The van der Waals surface area contributed by atoms with Crippen molar-refractivity contribution < 1.29 is 0 Å². The maximum atomic E-state index is 4.88. The van der Waals surface area contributed by atoms with Crippen LogP contribution in [0.5, 0.6) is 0 Å². The van der Waals surface area contributed by atoms with Crippen LogP contribution in [0, 0.1) is 20.8 Å². The van der Waals surface area contributed by atoms with E-state index in [2.05, 4.69) is 75.4 Å². The first-order valence-corrected chi connectivity index (χ1v) is 7.27. The molecule has 1 heterocycles. The Morgan fingerprint density at radius 2 is 1.14 bits per heavy atom. The molecule has 3 aromatic rings. The average Bonchev–Trinajstić information content (AvgIpc) is 2.54. The van der Waals surface area contributed by atoms with Crippen molar-refractivity contribution in [1.29, 1.82) is 0 Å². The second kappa shape index (κ2) is 5.53. The molecule has 0 saturated carbocycles. The molecule has 0 aliphatic rings. The fourth-order valence-electron chi connectivity index (χ4n) is 2.71. The third kappa shape index (κ3) is 2.47. The van der Waals surface area contributed by atoms with Crippen molar-refractivity contribution in [3.63, 3.8) is 0 Å². The number of rotatable bonds is 2. The molecule has 0 spiro atoms.